The van der Waals surface area contributed by atoms with Crippen LogP contribution in [0.2, 0.25) is 36.3 Å². The summed E-state index contributed by atoms with van der Waals surface area (Å²) in [5, 5.41) is -0.0461. The van der Waals surface area contributed by atoms with Crippen LogP contribution in [0, 0.1) is 16.7 Å². The third-order valence-electron chi connectivity index (χ3n) is 12.6. The van der Waals surface area contributed by atoms with Gasteiger partial charge in [-0.3, -0.25) is 0 Å². The van der Waals surface area contributed by atoms with Gasteiger partial charge in [0.2, 0.25) is 0 Å². The Labute approximate surface area is 310 Å². The fourth-order valence-corrected chi connectivity index (χ4v) is 11.0. The smallest absolute Gasteiger partial charge is 0.332 e. The molecule has 0 aromatic rings. The third-order valence-corrected chi connectivity index (χ3v) is 21.6. The minimum atomic E-state index is -2.39. The Balaban J connectivity index is 2.09. The highest BCUT2D eigenvalue weighted by molar-refractivity contribution is 6.74. The molecule has 0 heterocycles. The maximum absolute atomic E-state index is 13.5. The van der Waals surface area contributed by atoms with Gasteiger partial charge >= 0.3 is 5.97 Å². The van der Waals surface area contributed by atoms with Crippen LogP contribution >= 0.6 is 0 Å². The summed E-state index contributed by atoms with van der Waals surface area (Å²) in [5.74, 6) is -0.867. The molecule has 0 aliphatic heterocycles. The maximum atomic E-state index is 13.5. The zero-order chi connectivity index (χ0) is 38.4. The first-order valence-corrected chi connectivity index (χ1v) is 25.3. The van der Waals surface area contributed by atoms with Crippen LogP contribution in [0.15, 0.2) is 47.1 Å². The second-order valence-electron chi connectivity index (χ2n) is 20.9. The lowest BCUT2D eigenvalue weighted by Gasteiger charge is -2.51. The van der Waals surface area contributed by atoms with E-state index in [1.165, 1.54) is 18.4 Å². The molecule has 1 unspecified atom stereocenters. The van der Waals surface area contributed by atoms with E-state index in [4.69, 9.17) is 24.9 Å². The summed E-state index contributed by atoms with van der Waals surface area (Å²) in [6.07, 6.45) is 14.5. The van der Waals surface area contributed by atoms with Crippen LogP contribution in [-0.2, 0) is 23.1 Å². The minimum Gasteiger partial charge on any atom is -0.458 e. The Kier molecular flexibility index (Phi) is 12.8. The molecule has 0 bridgehead atoms. The van der Waals surface area contributed by atoms with Gasteiger partial charge in [0.15, 0.2) is 22.4 Å². The second kappa shape index (κ2) is 14.9. The highest BCUT2D eigenvalue weighted by atomic mass is 28.4. The summed E-state index contributed by atoms with van der Waals surface area (Å²) < 4.78 is 27.4. The third kappa shape index (κ3) is 10.2. The average molecular weight is 729 g/mol. The topological polar surface area (TPSA) is 54.0 Å². The molecule has 286 valence electrons. The van der Waals surface area contributed by atoms with Crippen molar-refractivity contribution in [2.45, 2.75) is 195 Å². The number of fused-ring (bicyclic) bond motifs is 1. The first-order chi connectivity index (χ1) is 22.5. The first kappa shape index (κ1) is 43.2. The minimum absolute atomic E-state index is 0.0157. The molecule has 0 N–H and O–H groups in total. The number of hydrogen-bond acceptors (Lipinski definition) is 5. The van der Waals surface area contributed by atoms with E-state index in [1.54, 1.807) is 5.57 Å². The number of allylic oxidation sites excluding steroid dienone is 5. The number of carbonyl (C=O) groups excluding carboxylic acids is 1. The van der Waals surface area contributed by atoms with Crippen molar-refractivity contribution in [1.82, 2.24) is 0 Å². The van der Waals surface area contributed by atoms with E-state index >= 15 is 0 Å². The van der Waals surface area contributed by atoms with E-state index in [0.29, 0.717) is 18.8 Å². The molecule has 50 heavy (non-hydrogen) atoms. The van der Waals surface area contributed by atoms with Crippen molar-refractivity contribution in [3.63, 3.8) is 0 Å². The Morgan fingerprint density at radius 1 is 0.960 bits per heavy atom. The number of ether oxygens (including phenoxy) is 2. The van der Waals surface area contributed by atoms with Crippen molar-refractivity contribution >= 4 is 22.6 Å². The quantitative estimate of drug-likeness (QED) is 0.0917. The van der Waals surface area contributed by atoms with E-state index < -0.39 is 28.0 Å². The molecule has 0 saturated heterocycles. The van der Waals surface area contributed by atoms with Crippen molar-refractivity contribution in [3.05, 3.63) is 47.1 Å². The summed E-state index contributed by atoms with van der Waals surface area (Å²) in [6.45, 7) is 42.5. The second-order valence-corrected chi connectivity index (χ2v) is 30.4. The molecule has 4 atom stereocenters. The van der Waals surface area contributed by atoms with Gasteiger partial charge in [0.05, 0.1) is 6.10 Å². The molecule has 0 amide bonds. The van der Waals surface area contributed by atoms with Gasteiger partial charge in [-0.2, -0.15) is 0 Å². The van der Waals surface area contributed by atoms with Gasteiger partial charge in [0, 0.05) is 12.8 Å². The largest absolute Gasteiger partial charge is 0.458 e. The molecule has 0 radical (unpaired) electrons. The Morgan fingerprint density at radius 3 is 2.10 bits per heavy atom. The van der Waals surface area contributed by atoms with Crippen LogP contribution in [0.5, 0.6) is 0 Å². The molecule has 3 aliphatic rings. The molecular formula is C43H76O5Si2. The monoisotopic (exact) mass is 729 g/mol. The van der Waals surface area contributed by atoms with Crippen LogP contribution in [0.4, 0.5) is 0 Å². The van der Waals surface area contributed by atoms with Gasteiger partial charge in [0.1, 0.15) is 12.2 Å². The molecule has 0 spiro atoms. The summed E-state index contributed by atoms with van der Waals surface area (Å²) in [7, 11) is -4.60. The molecular weight excluding hydrogens is 653 g/mol. The first-order valence-electron chi connectivity index (χ1n) is 19.5. The lowest BCUT2D eigenvalue weighted by molar-refractivity contribution is -0.219. The molecule has 2 fully saturated rings. The van der Waals surface area contributed by atoms with Gasteiger partial charge in [-0.1, -0.05) is 112 Å². The standard InChI is InChI=1S/C43H76O5Si2/c1-19-34-24-25-35-32(21-20-26-42(34,35)14)22-23-33-27-43(48-50(17,18)40(9,10)11,28-36(31(33)2)47-49(15,16)39(6,7)8)45-29-37(44)46-41(12,13)30-38(3,4)5/h22-24,35-36H,2,19-21,25-30H2,1,3-18H3/t35-,36?,42+,43-/m0/s1. The van der Waals surface area contributed by atoms with E-state index in [-0.39, 0.29) is 39.6 Å². The van der Waals surface area contributed by atoms with E-state index in [2.05, 4.69) is 121 Å². The fraction of sp³-hybridized carbons (Fsp3) is 0.791. The van der Waals surface area contributed by atoms with Gasteiger partial charge < -0.3 is 18.3 Å². The molecule has 3 rings (SSSR count). The Hall–Kier alpha value is -1.26. The summed E-state index contributed by atoms with van der Waals surface area (Å²) >= 11 is 0. The van der Waals surface area contributed by atoms with Crippen LogP contribution in [0.1, 0.15) is 141 Å². The molecule has 5 nitrogen and oxygen atoms in total. The maximum Gasteiger partial charge on any atom is 0.332 e. The normalized spacial score (nSPS) is 29.0. The average Bonchev–Trinajstić information content (AvgIpc) is 3.26. The Bertz CT molecular complexity index is 1350. The number of carbonyl (C=O) groups is 1. The van der Waals surface area contributed by atoms with Crippen LogP contribution < -0.4 is 0 Å². The van der Waals surface area contributed by atoms with E-state index in [1.807, 2.05) is 13.8 Å². The van der Waals surface area contributed by atoms with Gasteiger partial charge in [-0.05, 0) is 117 Å². The van der Waals surface area contributed by atoms with Gasteiger partial charge in [0.25, 0.3) is 0 Å². The number of esters is 1. The summed E-state index contributed by atoms with van der Waals surface area (Å²) in [6, 6.07) is 0. The molecule has 7 heteroatoms. The highest BCUT2D eigenvalue weighted by Gasteiger charge is 2.52. The zero-order valence-electron chi connectivity index (χ0n) is 35.5. The molecule has 3 aliphatic carbocycles. The Morgan fingerprint density at radius 2 is 1.56 bits per heavy atom. The van der Waals surface area contributed by atoms with Crippen LogP contribution in [0.3, 0.4) is 0 Å². The lowest BCUT2D eigenvalue weighted by atomic mass is 9.64. The van der Waals surface area contributed by atoms with Crippen molar-refractivity contribution in [2.24, 2.45) is 16.7 Å². The molecule has 2 saturated carbocycles. The highest BCUT2D eigenvalue weighted by Crippen LogP contribution is 2.56. The molecule has 0 aromatic heterocycles. The summed E-state index contributed by atoms with van der Waals surface area (Å²) in [5.41, 5.74) is 4.93. The van der Waals surface area contributed by atoms with E-state index in [0.717, 1.165) is 36.8 Å². The van der Waals surface area contributed by atoms with Crippen molar-refractivity contribution in [2.75, 3.05) is 6.61 Å². The fourth-order valence-electron chi connectivity index (χ4n) is 8.24. The predicted octanol–water partition coefficient (Wildman–Crippen LogP) is 12.6. The molecule has 0 aromatic carbocycles. The van der Waals surface area contributed by atoms with Crippen LogP contribution in [0.25, 0.3) is 0 Å². The van der Waals surface area contributed by atoms with Gasteiger partial charge in [-0.25, -0.2) is 4.79 Å². The van der Waals surface area contributed by atoms with Crippen LogP contribution in [-0.4, -0.2) is 46.7 Å². The zero-order valence-corrected chi connectivity index (χ0v) is 37.5. The number of hydrogen-bond donors (Lipinski definition) is 0. The predicted molar refractivity (Wildman–Crippen MR) is 216 cm³/mol. The lowest BCUT2D eigenvalue weighted by Crippen LogP contribution is -2.56. The number of rotatable bonds is 11. The van der Waals surface area contributed by atoms with Crippen molar-refractivity contribution in [1.29, 1.82) is 0 Å². The van der Waals surface area contributed by atoms with E-state index in [9.17, 15) is 4.79 Å². The van der Waals surface area contributed by atoms with Crippen molar-refractivity contribution < 1.29 is 23.1 Å². The van der Waals surface area contributed by atoms with Crippen molar-refractivity contribution in [3.8, 4) is 0 Å². The van der Waals surface area contributed by atoms with Gasteiger partial charge in [-0.15, -0.1) is 0 Å². The SMILES string of the molecule is C=C1C(=CC=C2CCC[C@]3(C)C(CC)=CC[C@@H]23)C[C@](OCC(=O)OC(C)(C)CC(C)(C)C)(O[Si](C)(C)C(C)(C)C)CC1O[Si](C)(C)C(C)(C)C. The summed E-state index contributed by atoms with van der Waals surface area (Å²) in [4.78, 5) is 13.5.